The highest BCUT2D eigenvalue weighted by Crippen LogP contribution is 2.25. The van der Waals surface area contributed by atoms with E-state index in [1.807, 2.05) is 0 Å². The van der Waals surface area contributed by atoms with Crippen molar-refractivity contribution in [3.05, 3.63) is 107 Å². The van der Waals surface area contributed by atoms with Gasteiger partial charge < -0.3 is 15.5 Å². The van der Waals surface area contributed by atoms with Crippen molar-refractivity contribution in [2.45, 2.75) is 18.6 Å². The molecule has 2 aromatic carbocycles. The second-order valence-corrected chi connectivity index (χ2v) is 7.90. The fraction of sp³-hybridized carbons (Fsp3) is 0.192. The summed E-state index contributed by atoms with van der Waals surface area (Å²) in [5.41, 5.74) is 2.52. The van der Waals surface area contributed by atoms with Gasteiger partial charge in [-0.15, -0.1) is 0 Å². The lowest BCUT2D eigenvalue weighted by atomic mass is 9.98. The van der Waals surface area contributed by atoms with E-state index in [0.29, 0.717) is 11.4 Å². The summed E-state index contributed by atoms with van der Waals surface area (Å²) in [5.74, 6) is -1.59. The Morgan fingerprint density at radius 2 is 1.85 bits per heavy atom. The Morgan fingerprint density at radius 1 is 1.06 bits per heavy atom. The average Bonchev–Trinajstić information content (AvgIpc) is 3.33. The van der Waals surface area contributed by atoms with Gasteiger partial charge in [-0.25, -0.2) is 8.78 Å². The van der Waals surface area contributed by atoms with Crippen molar-refractivity contribution in [3.8, 4) is 0 Å². The molecule has 1 aliphatic heterocycles. The number of nitrogens with one attached hydrogen (secondary N) is 1. The first-order valence-electron chi connectivity index (χ1n) is 10.8. The first kappa shape index (κ1) is 23.4. The summed E-state index contributed by atoms with van der Waals surface area (Å²) in [6.45, 7) is -0.299. The van der Waals surface area contributed by atoms with Crippen LogP contribution >= 0.6 is 0 Å². The summed E-state index contributed by atoms with van der Waals surface area (Å²) in [6, 6.07) is 14.5. The number of allylic oxidation sites excluding steroid dienone is 1. The van der Waals surface area contributed by atoms with Crippen molar-refractivity contribution in [1.82, 2.24) is 10.3 Å². The van der Waals surface area contributed by atoms with Gasteiger partial charge in [0.15, 0.2) is 0 Å². The number of nitrogens with zero attached hydrogens (tertiary/aromatic N) is 2. The van der Waals surface area contributed by atoms with E-state index in [9.17, 15) is 23.8 Å². The van der Waals surface area contributed by atoms with Gasteiger partial charge in [0.1, 0.15) is 11.6 Å². The minimum atomic E-state index is -1.24. The number of carbonyl (C=O) groups excluding carboxylic acids is 1. The zero-order chi connectivity index (χ0) is 24.1. The molecule has 2 atom stereocenters. The lowest BCUT2D eigenvalue weighted by Gasteiger charge is -2.23. The number of aliphatic hydroxyl groups excluding tert-OH is 2. The van der Waals surface area contributed by atoms with Gasteiger partial charge in [0.25, 0.3) is 5.91 Å². The average molecular weight is 463 g/mol. The Kier molecular flexibility index (Phi) is 7.20. The maximum absolute atomic E-state index is 14.9. The van der Waals surface area contributed by atoms with E-state index in [1.165, 1.54) is 30.3 Å². The number of rotatable bonds is 8. The van der Waals surface area contributed by atoms with Crippen LogP contribution in [0.15, 0.2) is 77.9 Å². The number of amides is 1. The first-order chi connectivity index (χ1) is 16.5. The van der Waals surface area contributed by atoms with Crippen molar-refractivity contribution in [2.24, 2.45) is 4.99 Å². The molecule has 0 radical (unpaired) electrons. The maximum Gasteiger partial charge on any atom is 0.252 e. The molecule has 1 amide bonds. The molecule has 0 saturated carbocycles. The van der Waals surface area contributed by atoms with Crippen molar-refractivity contribution >= 4 is 17.2 Å². The minimum Gasteiger partial charge on any atom is -0.394 e. The van der Waals surface area contributed by atoms with Crippen LogP contribution in [0.2, 0.25) is 0 Å². The number of aliphatic imine (C=N–C) groups is 1. The lowest BCUT2D eigenvalue weighted by Crippen LogP contribution is -2.46. The second kappa shape index (κ2) is 10.5. The van der Waals surface area contributed by atoms with E-state index in [4.69, 9.17) is 0 Å². The van der Waals surface area contributed by atoms with E-state index in [1.54, 1.807) is 42.6 Å². The molecule has 1 aliphatic rings. The van der Waals surface area contributed by atoms with Gasteiger partial charge in [0.05, 0.1) is 36.6 Å². The number of aromatic nitrogens is 1. The Hall–Kier alpha value is -3.75. The summed E-state index contributed by atoms with van der Waals surface area (Å²) in [7, 11) is 0. The Morgan fingerprint density at radius 3 is 2.56 bits per heavy atom. The van der Waals surface area contributed by atoms with Crippen LogP contribution in [0.3, 0.4) is 0 Å². The van der Waals surface area contributed by atoms with Gasteiger partial charge in [0, 0.05) is 23.9 Å². The molecule has 2 heterocycles. The molecule has 4 rings (SSSR count). The number of hydrogen-bond acceptors (Lipinski definition) is 5. The molecular weight excluding hydrogens is 440 g/mol. The van der Waals surface area contributed by atoms with Crippen LogP contribution in [0.1, 0.15) is 27.2 Å². The Bertz CT molecular complexity index is 1230. The van der Waals surface area contributed by atoms with Crippen LogP contribution in [-0.2, 0) is 6.42 Å². The van der Waals surface area contributed by atoms with Gasteiger partial charge in [-0.3, -0.25) is 14.8 Å². The Labute approximate surface area is 195 Å². The Balaban J connectivity index is 1.60. The standard InChI is InChI=1S/C26H23F2N3O3/c27-18-9-7-16(8-10-18)17-12-23(30-14-17)25-20(5-3-6-21(25)28)26(34)31-22(24(33)15-32)13-19-4-1-2-11-29-19/h1-12,22,24,32-33H,13-15H2,(H,31,34)/t22-,24-/m1/s1. The molecule has 8 heteroatoms. The highest BCUT2D eigenvalue weighted by atomic mass is 19.1. The molecule has 1 aromatic heterocycles. The smallest absolute Gasteiger partial charge is 0.252 e. The van der Waals surface area contributed by atoms with Crippen LogP contribution in [0.25, 0.3) is 5.57 Å². The van der Waals surface area contributed by atoms with Gasteiger partial charge in [0.2, 0.25) is 0 Å². The van der Waals surface area contributed by atoms with Gasteiger partial charge in [-0.1, -0.05) is 24.3 Å². The third-order valence-electron chi connectivity index (χ3n) is 5.58. The number of pyridine rings is 1. The third-order valence-corrected chi connectivity index (χ3v) is 5.58. The molecule has 0 saturated heterocycles. The molecule has 0 fully saturated rings. The predicted molar refractivity (Wildman–Crippen MR) is 124 cm³/mol. The summed E-state index contributed by atoms with van der Waals surface area (Å²) >= 11 is 0. The van der Waals surface area contributed by atoms with E-state index >= 15 is 0 Å². The van der Waals surface area contributed by atoms with Crippen LogP contribution in [0.4, 0.5) is 8.78 Å². The van der Waals surface area contributed by atoms with Crippen molar-refractivity contribution in [2.75, 3.05) is 13.2 Å². The molecule has 0 spiro atoms. The molecule has 0 aliphatic carbocycles. The molecule has 3 aromatic rings. The van der Waals surface area contributed by atoms with Crippen molar-refractivity contribution in [1.29, 1.82) is 0 Å². The molecule has 34 heavy (non-hydrogen) atoms. The topological polar surface area (TPSA) is 94.8 Å². The lowest BCUT2D eigenvalue weighted by molar-refractivity contribution is 0.0565. The monoisotopic (exact) mass is 463 g/mol. The molecule has 3 N–H and O–H groups in total. The maximum atomic E-state index is 14.9. The van der Waals surface area contributed by atoms with Crippen LogP contribution in [0.5, 0.6) is 0 Å². The molecule has 0 unspecified atom stereocenters. The zero-order valence-electron chi connectivity index (χ0n) is 18.2. The first-order valence-corrected chi connectivity index (χ1v) is 10.8. The number of carbonyl (C=O) groups is 1. The minimum absolute atomic E-state index is 0.0344. The second-order valence-electron chi connectivity index (χ2n) is 7.90. The number of halogens is 2. The van der Waals surface area contributed by atoms with Crippen LogP contribution in [-0.4, -0.2) is 52.1 Å². The fourth-order valence-electron chi connectivity index (χ4n) is 3.79. The molecular formula is C26H23F2N3O3. The van der Waals surface area contributed by atoms with Crippen molar-refractivity contribution < 1.29 is 23.8 Å². The predicted octanol–water partition coefficient (Wildman–Crippen LogP) is 2.94. The molecule has 6 nitrogen and oxygen atoms in total. The molecule has 174 valence electrons. The largest absolute Gasteiger partial charge is 0.394 e. The summed E-state index contributed by atoms with van der Waals surface area (Å²) in [5, 5.41) is 22.4. The van der Waals surface area contributed by atoms with Crippen molar-refractivity contribution in [3.63, 3.8) is 0 Å². The van der Waals surface area contributed by atoms with Crippen LogP contribution in [0, 0.1) is 11.6 Å². The van der Waals surface area contributed by atoms with E-state index in [2.05, 4.69) is 15.3 Å². The summed E-state index contributed by atoms with van der Waals surface area (Å²) in [6.07, 6.45) is 2.20. The summed E-state index contributed by atoms with van der Waals surface area (Å²) < 4.78 is 28.2. The normalized spacial score (nSPS) is 14.8. The van der Waals surface area contributed by atoms with Gasteiger partial charge >= 0.3 is 0 Å². The highest BCUT2D eigenvalue weighted by Gasteiger charge is 2.26. The van der Waals surface area contributed by atoms with E-state index < -0.39 is 30.5 Å². The quantitative estimate of drug-likeness (QED) is 0.479. The van der Waals surface area contributed by atoms with Gasteiger partial charge in [-0.05, 0) is 53.6 Å². The van der Waals surface area contributed by atoms with Gasteiger partial charge in [-0.2, -0.15) is 0 Å². The third kappa shape index (κ3) is 5.24. The molecule has 0 bridgehead atoms. The van der Waals surface area contributed by atoms with E-state index in [-0.39, 0.29) is 29.9 Å². The highest BCUT2D eigenvalue weighted by molar-refractivity contribution is 6.19. The number of hydrogen-bond donors (Lipinski definition) is 3. The zero-order valence-corrected chi connectivity index (χ0v) is 18.2. The van der Waals surface area contributed by atoms with Crippen LogP contribution < -0.4 is 5.32 Å². The SMILES string of the molecule is O=C(N[C@H](Cc1ccccn1)[C@H](O)CO)c1cccc(F)c1C1=NCC(c2ccc(F)cc2)=C1. The van der Waals surface area contributed by atoms with E-state index in [0.717, 1.165) is 11.1 Å². The summed E-state index contributed by atoms with van der Waals surface area (Å²) in [4.78, 5) is 21.8. The fourth-order valence-corrected chi connectivity index (χ4v) is 3.79. The number of benzene rings is 2. The number of aliphatic hydroxyl groups is 2.